The minimum Gasteiger partial charge on any atom is -0.446 e. The van der Waals surface area contributed by atoms with Gasteiger partial charge in [0, 0.05) is 38.3 Å². The molecule has 4 heterocycles. The van der Waals surface area contributed by atoms with Crippen LogP contribution in [0.15, 0.2) is 35.3 Å². The molecule has 0 atom stereocenters. The Bertz CT molecular complexity index is 1340. The minimum absolute atomic E-state index is 0.133. The minimum atomic E-state index is -0.587. The van der Waals surface area contributed by atoms with Crippen LogP contribution >= 0.6 is 0 Å². The van der Waals surface area contributed by atoms with Gasteiger partial charge >= 0.3 is 6.09 Å². The molecular weight excluding hydrogens is 457 g/mol. The third-order valence-corrected chi connectivity index (χ3v) is 6.16. The van der Waals surface area contributed by atoms with Crippen LogP contribution in [0.5, 0.6) is 0 Å². The van der Waals surface area contributed by atoms with E-state index >= 15 is 4.39 Å². The number of benzene rings is 1. The zero-order valence-electron chi connectivity index (χ0n) is 19.1. The maximum atomic E-state index is 15.0. The SMILES string of the molecule is Cc1nc2ccc(CN3CCN(c4ccc(C(=O)NN5CCOC5=O)nc4)CC3)c(F)c2[nH]c1=O. The average molecular weight is 481 g/mol. The molecule has 2 amide bonds. The van der Waals surface area contributed by atoms with Crippen LogP contribution in [0, 0.1) is 12.7 Å². The molecule has 3 aromatic rings. The van der Waals surface area contributed by atoms with Crippen molar-refractivity contribution in [1.29, 1.82) is 0 Å². The Balaban J connectivity index is 1.19. The fraction of sp³-hybridized carbons (Fsp3) is 0.348. The third-order valence-electron chi connectivity index (χ3n) is 6.16. The number of hydrazine groups is 1. The second kappa shape index (κ2) is 9.29. The number of H-pyrrole nitrogens is 1. The van der Waals surface area contributed by atoms with Gasteiger partial charge in [-0.3, -0.25) is 19.9 Å². The number of nitrogens with one attached hydrogen (secondary N) is 2. The van der Waals surface area contributed by atoms with Crippen LogP contribution in [0.4, 0.5) is 14.9 Å². The first-order valence-corrected chi connectivity index (χ1v) is 11.3. The molecule has 1 aromatic carbocycles. The summed E-state index contributed by atoms with van der Waals surface area (Å²) in [5.74, 6) is -0.931. The fourth-order valence-corrected chi connectivity index (χ4v) is 4.17. The molecule has 182 valence electrons. The molecule has 12 heteroatoms. The van der Waals surface area contributed by atoms with Gasteiger partial charge in [0.2, 0.25) is 0 Å². The van der Waals surface area contributed by atoms with Crippen LogP contribution in [0.2, 0.25) is 0 Å². The monoisotopic (exact) mass is 481 g/mol. The molecule has 2 aliphatic rings. The Kier molecular flexibility index (Phi) is 6.03. The number of rotatable bonds is 5. The van der Waals surface area contributed by atoms with E-state index in [1.54, 1.807) is 31.3 Å². The molecule has 35 heavy (non-hydrogen) atoms. The first-order valence-electron chi connectivity index (χ1n) is 11.3. The number of anilines is 1. The van der Waals surface area contributed by atoms with Crippen LogP contribution in [0.1, 0.15) is 21.7 Å². The zero-order valence-corrected chi connectivity index (χ0v) is 19.1. The predicted octanol–water partition coefficient (Wildman–Crippen LogP) is 1.18. The summed E-state index contributed by atoms with van der Waals surface area (Å²) in [6.45, 7) is 5.37. The number of piperazine rings is 1. The fourth-order valence-electron chi connectivity index (χ4n) is 4.17. The topological polar surface area (TPSA) is 124 Å². The summed E-state index contributed by atoms with van der Waals surface area (Å²) >= 11 is 0. The Morgan fingerprint density at radius 1 is 1.14 bits per heavy atom. The van der Waals surface area contributed by atoms with Crippen LogP contribution in [-0.2, 0) is 11.3 Å². The number of aromatic nitrogens is 3. The number of aryl methyl sites for hydroxylation is 1. The molecule has 2 fully saturated rings. The molecular formula is C23H24FN7O4. The van der Waals surface area contributed by atoms with Crippen molar-refractivity contribution in [3.05, 3.63) is 63.6 Å². The van der Waals surface area contributed by atoms with Crippen molar-refractivity contribution < 1.29 is 18.7 Å². The molecule has 2 N–H and O–H groups in total. The molecule has 0 unspecified atom stereocenters. The van der Waals surface area contributed by atoms with Crippen LogP contribution in [-0.4, -0.2) is 76.2 Å². The van der Waals surface area contributed by atoms with Crippen molar-refractivity contribution >= 4 is 28.7 Å². The van der Waals surface area contributed by atoms with Gasteiger partial charge in [0.15, 0.2) is 5.82 Å². The Labute approximate surface area is 199 Å². The van der Waals surface area contributed by atoms with Crippen molar-refractivity contribution in [1.82, 2.24) is 30.3 Å². The first-order chi connectivity index (χ1) is 16.9. The summed E-state index contributed by atoms with van der Waals surface area (Å²) in [6.07, 6.45) is 1.04. The van der Waals surface area contributed by atoms with E-state index < -0.39 is 23.4 Å². The molecule has 0 aliphatic carbocycles. The van der Waals surface area contributed by atoms with Crippen LogP contribution in [0.3, 0.4) is 0 Å². The van der Waals surface area contributed by atoms with Crippen molar-refractivity contribution in [2.24, 2.45) is 0 Å². The number of ether oxygens (including phenoxy) is 1. The zero-order chi connectivity index (χ0) is 24.5. The maximum Gasteiger partial charge on any atom is 0.428 e. The number of cyclic esters (lactones) is 1. The lowest BCUT2D eigenvalue weighted by Crippen LogP contribution is -2.46. The molecule has 0 spiro atoms. The number of carbonyl (C=O) groups excluding carboxylic acids is 2. The van der Waals surface area contributed by atoms with E-state index in [0.29, 0.717) is 56.0 Å². The Morgan fingerprint density at radius 2 is 1.94 bits per heavy atom. The van der Waals surface area contributed by atoms with Crippen molar-refractivity contribution in [3.63, 3.8) is 0 Å². The summed E-state index contributed by atoms with van der Waals surface area (Å²) in [5.41, 5.74) is 4.53. The summed E-state index contributed by atoms with van der Waals surface area (Å²) in [4.78, 5) is 50.9. The van der Waals surface area contributed by atoms with Gasteiger partial charge in [-0.05, 0) is 25.1 Å². The molecule has 2 saturated heterocycles. The molecule has 0 radical (unpaired) electrons. The van der Waals surface area contributed by atoms with Gasteiger partial charge in [-0.25, -0.2) is 24.2 Å². The lowest BCUT2D eigenvalue weighted by atomic mass is 10.1. The van der Waals surface area contributed by atoms with Gasteiger partial charge in [0.25, 0.3) is 11.5 Å². The highest BCUT2D eigenvalue weighted by Crippen LogP contribution is 2.21. The van der Waals surface area contributed by atoms with Gasteiger partial charge in [0.05, 0.1) is 23.9 Å². The molecule has 0 saturated carbocycles. The number of carbonyl (C=O) groups is 2. The van der Waals surface area contributed by atoms with E-state index in [1.165, 1.54) is 0 Å². The van der Waals surface area contributed by atoms with Crippen LogP contribution < -0.4 is 15.9 Å². The second-order valence-corrected chi connectivity index (χ2v) is 8.46. The normalized spacial score (nSPS) is 16.6. The van der Waals surface area contributed by atoms with Gasteiger partial charge in [-0.1, -0.05) is 6.07 Å². The number of hydrogen-bond acceptors (Lipinski definition) is 8. The Morgan fingerprint density at radius 3 is 2.63 bits per heavy atom. The number of amides is 2. The molecule has 0 bridgehead atoms. The lowest BCUT2D eigenvalue weighted by Gasteiger charge is -2.36. The number of fused-ring (bicyclic) bond motifs is 1. The van der Waals surface area contributed by atoms with Crippen molar-refractivity contribution in [2.75, 3.05) is 44.2 Å². The highest BCUT2D eigenvalue weighted by Gasteiger charge is 2.25. The largest absolute Gasteiger partial charge is 0.446 e. The second-order valence-electron chi connectivity index (χ2n) is 8.46. The van der Waals surface area contributed by atoms with E-state index in [9.17, 15) is 14.4 Å². The number of halogens is 1. The molecule has 11 nitrogen and oxygen atoms in total. The number of pyridine rings is 1. The number of hydrogen-bond donors (Lipinski definition) is 2. The highest BCUT2D eigenvalue weighted by atomic mass is 19.1. The van der Waals surface area contributed by atoms with Crippen LogP contribution in [0.25, 0.3) is 11.0 Å². The Hall–Kier alpha value is -4.06. The molecule has 2 aromatic heterocycles. The maximum absolute atomic E-state index is 15.0. The van der Waals surface area contributed by atoms with Gasteiger partial charge < -0.3 is 14.6 Å². The summed E-state index contributed by atoms with van der Waals surface area (Å²) in [6, 6.07) is 6.86. The smallest absolute Gasteiger partial charge is 0.428 e. The quantitative estimate of drug-likeness (QED) is 0.557. The number of nitrogens with zero attached hydrogens (tertiary/aromatic N) is 5. The summed E-state index contributed by atoms with van der Waals surface area (Å²) < 4.78 is 19.8. The first kappa shape index (κ1) is 22.7. The van der Waals surface area contributed by atoms with Crippen molar-refractivity contribution in [2.45, 2.75) is 13.5 Å². The lowest BCUT2D eigenvalue weighted by molar-refractivity contribution is 0.0826. The molecule has 5 rings (SSSR count). The summed E-state index contributed by atoms with van der Waals surface area (Å²) in [7, 11) is 0. The standard InChI is InChI=1S/C23H24FN7O4/c1-14-21(32)27-20-17(26-14)4-2-15(19(20)24)13-29-6-8-30(9-7-29)16-3-5-18(25-12-16)22(33)28-31-10-11-35-23(31)34/h2-5,12H,6-11,13H2,1H3,(H,27,32)(H,28,33). The van der Waals surface area contributed by atoms with Gasteiger partial charge in [0.1, 0.15) is 23.5 Å². The van der Waals surface area contributed by atoms with Gasteiger partial charge in [-0.2, -0.15) is 0 Å². The third kappa shape index (κ3) is 4.64. The van der Waals surface area contributed by atoms with E-state index in [4.69, 9.17) is 4.74 Å². The van der Waals surface area contributed by atoms with E-state index in [2.05, 4.69) is 30.2 Å². The molecule has 2 aliphatic heterocycles. The van der Waals surface area contributed by atoms with E-state index in [1.807, 2.05) is 6.07 Å². The van der Waals surface area contributed by atoms with E-state index in [-0.39, 0.29) is 17.8 Å². The number of aromatic amines is 1. The summed E-state index contributed by atoms with van der Waals surface area (Å²) in [5, 5.41) is 1.12. The highest BCUT2D eigenvalue weighted by molar-refractivity contribution is 5.93. The van der Waals surface area contributed by atoms with E-state index in [0.717, 1.165) is 10.7 Å². The predicted molar refractivity (Wildman–Crippen MR) is 124 cm³/mol. The van der Waals surface area contributed by atoms with Gasteiger partial charge in [-0.15, -0.1) is 0 Å². The van der Waals surface area contributed by atoms with Crippen molar-refractivity contribution in [3.8, 4) is 0 Å². The average Bonchev–Trinajstić information content (AvgIpc) is 3.27.